The van der Waals surface area contributed by atoms with E-state index in [4.69, 9.17) is 0 Å². The second kappa shape index (κ2) is 5.08. The lowest BCUT2D eigenvalue weighted by Gasteiger charge is -2.25. The summed E-state index contributed by atoms with van der Waals surface area (Å²) in [5.74, 6) is -1.54. The van der Waals surface area contributed by atoms with Gasteiger partial charge in [0, 0.05) is 12.1 Å². The predicted octanol–water partition coefficient (Wildman–Crippen LogP) is 1.13. The van der Waals surface area contributed by atoms with Gasteiger partial charge >= 0.3 is 5.97 Å². The molecule has 0 aromatic heterocycles. The lowest BCUT2D eigenvalue weighted by atomic mass is 9.98. The van der Waals surface area contributed by atoms with Crippen LogP contribution in [0, 0.1) is 16.0 Å². The lowest BCUT2D eigenvalue weighted by molar-refractivity contribution is -0.385. The number of sulfonamides is 1. The monoisotopic (exact) mass is 314 g/mol. The molecule has 1 aromatic carbocycles. The van der Waals surface area contributed by atoms with Crippen LogP contribution in [0.1, 0.15) is 19.8 Å². The smallest absolute Gasteiger partial charge is 0.324 e. The minimum absolute atomic E-state index is 0.275. The first kappa shape index (κ1) is 15.4. The van der Waals surface area contributed by atoms with E-state index in [1.54, 1.807) is 0 Å². The maximum absolute atomic E-state index is 12.3. The normalized spacial score (nSPS) is 18.0. The summed E-state index contributed by atoms with van der Waals surface area (Å²) in [7, 11) is -4.16. The van der Waals surface area contributed by atoms with E-state index < -0.39 is 26.5 Å². The van der Waals surface area contributed by atoms with Crippen LogP contribution in [0.25, 0.3) is 0 Å². The predicted molar refractivity (Wildman–Crippen MR) is 72.2 cm³/mol. The number of nitro groups is 1. The van der Waals surface area contributed by atoms with Crippen molar-refractivity contribution >= 4 is 21.7 Å². The first-order valence-corrected chi connectivity index (χ1v) is 7.67. The van der Waals surface area contributed by atoms with E-state index >= 15 is 0 Å². The molecule has 0 bridgehead atoms. The fourth-order valence-corrected chi connectivity index (χ4v) is 3.53. The number of nitrogens with one attached hydrogen (secondary N) is 1. The fraction of sp³-hybridized carbons (Fsp3) is 0.417. The van der Waals surface area contributed by atoms with Crippen molar-refractivity contribution in [2.24, 2.45) is 5.92 Å². The lowest BCUT2D eigenvalue weighted by Crippen LogP contribution is -2.53. The van der Waals surface area contributed by atoms with E-state index in [0.717, 1.165) is 12.1 Å². The average Bonchev–Trinajstić information content (AvgIpc) is 3.22. The van der Waals surface area contributed by atoms with Crippen molar-refractivity contribution in [2.75, 3.05) is 0 Å². The zero-order chi connectivity index (χ0) is 15.8. The number of carboxylic acid groups (broad SMARTS) is 1. The largest absolute Gasteiger partial charge is 0.480 e. The molecule has 2 rings (SSSR count). The first-order valence-electron chi connectivity index (χ1n) is 6.18. The molecule has 1 unspecified atom stereocenters. The number of rotatable bonds is 6. The summed E-state index contributed by atoms with van der Waals surface area (Å²) in [6.45, 7) is 1.31. The van der Waals surface area contributed by atoms with E-state index in [-0.39, 0.29) is 16.5 Å². The SMILES string of the molecule is CC(NS(=O)(=O)c1cccc([N+](=O)[O-])c1)(C(=O)O)C1CC1. The second-order valence-corrected chi connectivity index (χ2v) is 6.82. The van der Waals surface area contributed by atoms with E-state index in [9.17, 15) is 28.4 Å². The van der Waals surface area contributed by atoms with Crippen molar-refractivity contribution in [1.82, 2.24) is 4.72 Å². The summed E-state index contributed by atoms with van der Waals surface area (Å²) in [4.78, 5) is 21.0. The highest BCUT2D eigenvalue weighted by Crippen LogP contribution is 2.40. The van der Waals surface area contributed by atoms with Crippen LogP contribution in [0.4, 0.5) is 5.69 Å². The summed E-state index contributed by atoms with van der Waals surface area (Å²) in [6, 6.07) is 4.49. The molecule has 8 nitrogen and oxygen atoms in total. The Morgan fingerprint density at radius 1 is 1.48 bits per heavy atom. The van der Waals surface area contributed by atoms with Crippen LogP contribution in [-0.2, 0) is 14.8 Å². The standard InChI is InChI=1S/C12H14N2O6S/c1-12(11(15)16,8-5-6-8)13-21(19,20)10-4-2-3-9(7-10)14(17)18/h2-4,7-8,13H,5-6H2,1H3,(H,15,16). The van der Waals surface area contributed by atoms with Gasteiger partial charge in [-0.2, -0.15) is 4.72 Å². The van der Waals surface area contributed by atoms with Gasteiger partial charge in [0.1, 0.15) is 5.54 Å². The third kappa shape index (κ3) is 3.03. The van der Waals surface area contributed by atoms with Gasteiger partial charge in [0.2, 0.25) is 10.0 Å². The van der Waals surface area contributed by atoms with Crippen molar-refractivity contribution in [1.29, 1.82) is 0 Å². The van der Waals surface area contributed by atoms with Crippen LogP contribution in [0.5, 0.6) is 0 Å². The zero-order valence-electron chi connectivity index (χ0n) is 11.1. The molecule has 0 spiro atoms. The number of hydrogen-bond donors (Lipinski definition) is 2. The van der Waals surface area contributed by atoms with Gasteiger partial charge in [0.05, 0.1) is 9.82 Å². The van der Waals surface area contributed by atoms with Gasteiger partial charge in [-0.25, -0.2) is 8.42 Å². The Morgan fingerprint density at radius 2 is 2.10 bits per heavy atom. The van der Waals surface area contributed by atoms with Crippen LogP contribution >= 0.6 is 0 Å². The molecule has 0 aliphatic heterocycles. The van der Waals surface area contributed by atoms with Crippen molar-refractivity contribution in [3.05, 3.63) is 34.4 Å². The molecular formula is C12H14N2O6S. The molecule has 1 fully saturated rings. The van der Waals surface area contributed by atoms with Gasteiger partial charge in [0.15, 0.2) is 0 Å². The molecule has 1 aromatic rings. The van der Waals surface area contributed by atoms with Gasteiger partial charge in [-0.15, -0.1) is 0 Å². The minimum atomic E-state index is -4.16. The second-order valence-electron chi connectivity index (χ2n) is 5.14. The van der Waals surface area contributed by atoms with Crippen LogP contribution in [0.3, 0.4) is 0 Å². The Hall–Kier alpha value is -2.00. The van der Waals surface area contributed by atoms with Gasteiger partial charge in [-0.1, -0.05) is 6.07 Å². The topological polar surface area (TPSA) is 127 Å². The molecule has 1 saturated carbocycles. The summed E-state index contributed by atoms with van der Waals surface area (Å²) < 4.78 is 26.7. The highest BCUT2D eigenvalue weighted by molar-refractivity contribution is 7.89. The highest BCUT2D eigenvalue weighted by atomic mass is 32.2. The van der Waals surface area contributed by atoms with Crippen molar-refractivity contribution in [2.45, 2.75) is 30.2 Å². The third-order valence-electron chi connectivity index (χ3n) is 3.52. The molecule has 114 valence electrons. The Bertz CT molecular complexity index is 697. The summed E-state index contributed by atoms with van der Waals surface area (Å²) in [5, 5.41) is 19.9. The summed E-state index contributed by atoms with van der Waals surface area (Å²) >= 11 is 0. The van der Waals surface area contributed by atoms with Crippen molar-refractivity contribution in [3.8, 4) is 0 Å². The third-order valence-corrected chi connectivity index (χ3v) is 5.09. The maximum Gasteiger partial charge on any atom is 0.324 e. The van der Waals surface area contributed by atoms with Gasteiger partial charge in [-0.05, 0) is 31.7 Å². The van der Waals surface area contributed by atoms with Crippen molar-refractivity contribution in [3.63, 3.8) is 0 Å². The van der Waals surface area contributed by atoms with Crippen molar-refractivity contribution < 1.29 is 23.2 Å². The number of nitro benzene ring substituents is 1. The molecule has 0 amide bonds. The zero-order valence-corrected chi connectivity index (χ0v) is 12.0. The maximum atomic E-state index is 12.3. The Kier molecular flexibility index (Phi) is 3.72. The van der Waals surface area contributed by atoms with Crippen LogP contribution < -0.4 is 4.72 Å². The molecule has 1 aliphatic carbocycles. The molecule has 2 N–H and O–H groups in total. The van der Waals surface area contributed by atoms with Gasteiger partial charge in [0.25, 0.3) is 5.69 Å². The Balaban J connectivity index is 2.36. The summed E-state index contributed by atoms with van der Waals surface area (Å²) in [6.07, 6.45) is 1.25. The molecular weight excluding hydrogens is 300 g/mol. The number of carbonyl (C=O) groups is 1. The molecule has 1 aliphatic rings. The van der Waals surface area contributed by atoms with Crippen LogP contribution in [0.15, 0.2) is 29.2 Å². The summed E-state index contributed by atoms with van der Waals surface area (Å²) in [5.41, 5.74) is -1.98. The molecule has 1 atom stereocenters. The average molecular weight is 314 g/mol. The number of carboxylic acids is 1. The quantitative estimate of drug-likeness (QED) is 0.598. The highest BCUT2D eigenvalue weighted by Gasteiger charge is 2.50. The number of non-ortho nitro benzene ring substituents is 1. The Morgan fingerprint density at radius 3 is 2.57 bits per heavy atom. The van der Waals surface area contributed by atoms with E-state index in [2.05, 4.69) is 4.72 Å². The van der Waals surface area contributed by atoms with Crippen LogP contribution in [0.2, 0.25) is 0 Å². The molecule has 0 heterocycles. The van der Waals surface area contributed by atoms with E-state index in [0.29, 0.717) is 12.8 Å². The number of nitrogens with zero attached hydrogens (tertiary/aromatic N) is 1. The van der Waals surface area contributed by atoms with Gasteiger partial charge < -0.3 is 5.11 Å². The molecule has 21 heavy (non-hydrogen) atoms. The number of hydrogen-bond acceptors (Lipinski definition) is 5. The molecule has 0 radical (unpaired) electrons. The Labute approximate surface area is 121 Å². The number of aliphatic carboxylic acids is 1. The molecule has 0 saturated heterocycles. The van der Waals surface area contributed by atoms with E-state index in [1.165, 1.54) is 19.1 Å². The van der Waals surface area contributed by atoms with Gasteiger partial charge in [-0.3, -0.25) is 14.9 Å². The fourth-order valence-electron chi connectivity index (χ4n) is 2.06. The first-order chi connectivity index (χ1) is 9.67. The molecule has 9 heteroatoms. The van der Waals surface area contributed by atoms with E-state index in [1.807, 2.05) is 0 Å². The number of benzene rings is 1. The van der Waals surface area contributed by atoms with Crippen LogP contribution in [-0.4, -0.2) is 30.0 Å². The minimum Gasteiger partial charge on any atom is -0.480 e.